The van der Waals surface area contributed by atoms with Gasteiger partial charge in [-0.2, -0.15) is 0 Å². The maximum Gasteiger partial charge on any atom is 0.173 e. The minimum Gasteiger partial charge on any atom is -0.488 e. The molecule has 1 heterocycles. The molecule has 1 N–H and O–H groups in total. The van der Waals surface area contributed by atoms with Gasteiger partial charge in [-0.05, 0) is 12.5 Å². The summed E-state index contributed by atoms with van der Waals surface area (Å²) in [5.41, 5.74) is 0. The van der Waals surface area contributed by atoms with Crippen molar-refractivity contribution < 1.29 is 4.74 Å². The smallest absolute Gasteiger partial charge is 0.173 e. The standard InChI is InChI=1S/C8H14N2OS/c1-2-3-4-7-8(10-12)9-5-6-11-7/h4,12H,2-3,5-6H2,1H3,(H,9,10)/b7-4-. The Kier molecular flexibility index (Phi) is 4.00. The number of aliphatic imine (C=N–C) groups is 1. The SMILES string of the molecule is CCC/C=C1\OCCN=C1NS. The molecule has 1 rings (SSSR count). The van der Waals surface area contributed by atoms with E-state index < -0.39 is 0 Å². The van der Waals surface area contributed by atoms with Crippen LogP contribution >= 0.6 is 12.8 Å². The van der Waals surface area contributed by atoms with Crippen LogP contribution in [0.2, 0.25) is 0 Å². The zero-order valence-electron chi connectivity index (χ0n) is 7.21. The van der Waals surface area contributed by atoms with E-state index in [0.717, 1.165) is 24.4 Å². The van der Waals surface area contributed by atoms with Gasteiger partial charge in [0.2, 0.25) is 0 Å². The molecule has 1 aliphatic rings. The van der Waals surface area contributed by atoms with Crippen molar-refractivity contribution in [1.29, 1.82) is 0 Å². The number of nitrogens with zero attached hydrogens (tertiary/aromatic N) is 1. The number of hydrogen-bond acceptors (Lipinski definition) is 4. The normalized spacial score (nSPS) is 20.2. The first-order valence-electron chi connectivity index (χ1n) is 4.16. The van der Waals surface area contributed by atoms with E-state index in [2.05, 4.69) is 29.5 Å². The summed E-state index contributed by atoms with van der Waals surface area (Å²) < 4.78 is 8.12. The monoisotopic (exact) mass is 186 g/mol. The lowest BCUT2D eigenvalue weighted by Gasteiger charge is -2.16. The van der Waals surface area contributed by atoms with Crippen LogP contribution in [0.15, 0.2) is 16.8 Å². The molecule has 0 spiro atoms. The van der Waals surface area contributed by atoms with Gasteiger partial charge in [0.05, 0.1) is 6.54 Å². The van der Waals surface area contributed by atoms with Gasteiger partial charge in [0.1, 0.15) is 6.61 Å². The number of unbranched alkanes of at least 4 members (excludes halogenated alkanes) is 1. The Bertz CT molecular complexity index is 201. The van der Waals surface area contributed by atoms with Crippen LogP contribution in [-0.4, -0.2) is 19.0 Å². The summed E-state index contributed by atoms with van der Waals surface area (Å²) in [6.07, 6.45) is 4.18. The molecule has 3 nitrogen and oxygen atoms in total. The van der Waals surface area contributed by atoms with Gasteiger partial charge in [-0.1, -0.05) is 26.2 Å². The first kappa shape index (κ1) is 9.45. The largest absolute Gasteiger partial charge is 0.488 e. The van der Waals surface area contributed by atoms with Crippen LogP contribution in [0.4, 0.5) is 0 Å². The average Bonchev–Trinajstić information content (AvgIpc) is 2.15. The molecular formula is C8H14N2OS. The molecule has 0 radical (unpaired) electrons. The van der Waals surface area contributed by atoms with Crippen molar-refractivity contribution in [2.75, 3.05) is 13.2 Å². The topological polar surface area (TPSA) is 33.6 Å². The van der Waals surface area contributed by atoms with E-state index >= 15 is 0 Å². The Morgan fingerprint density at radius 3 is 3.25 bits per heavy atom. The lowest BCUT2D eigenvalue weighted by Crippen LogP contribution is -2.24. The molecule has 0 saturated heterocycles. The van der Waals surface area contributed by atoms with E-state index in [0.29, 0.717) is 13.2 Å². The molecule has 0 fully saturated rings. The molecule has 0 saturated carbocycles. The van der Waals surface area contributed by atoms with E-state index in [1.165, 1.54) is 0 Å². The highest BCUT2D eigenvalue weighted by Gasteiger charge is 2.10. The van der Waals surface area contributed by atoms with Gasteiger partial charge in [0, 0.05) is 0 Å². The van der Waals surface area contributed by atoms with Crippen molar-refractivity contribution >= 4 is 18.7 Å². The van der Waals surface area contributed by atoms with Gasteiger partial charge >= 0.3 is 0 Å². The first-order chi connectivity index (χ1) is 5.88. The number of rotatable bonds is 2. The number of nitrogens with one attached hydrogen (secondary N) is 1. The van der Waals surface area contributed by atoms with Crippen LogP contribution in [0.1, 0.15) is 19.8 Å². The molecule has 0 aliphatic carbocycles. The van der Waals surface area contributed by atoms with Crippen LogP contribution < -0.4 is 4.72 Å². The molecule has 0 amide bonds. The molecule has 68 valence electrons. The van der Waals surface area contributed by atoms with Crippen LogP contribution in [0.5, 0.6) is 0 Å². The van der Waals surface area contributed by atoms with E-state index in [9.17, 15) is 0 Å². The summed E-state index contributed by atoms with van der Waals surface area (Å²) in [5, 5.41) is 0. The van der Waals surface area contributed by atoms with Gasteiger partial charge in [0.25, 0.3) is 0 Å². The van der Waals surface area contributed by atoms with Crippen LogP contribution in [0.25, 0.3) is 0 Å². The summed E-state index contributed by atoms with van der Waals surface area (Å²) in [5.74, 6) is 1.58. The molecule has 0 unspecified atom stereocenters. The zero-order chi connectivity index (χ0) is 8.81. The Hall–Kier alpha value is -0.640. The predicted octanol–water partition coefficient (Wildman–Crippen LogP) is 1.53. The average molecular weight is 186 g/mol. The number of amidine groups is 1. The minimum atomic E-state index is 0.675. The maximum absolute atomic E-state index is 5.40. The van der Waals surface area contributed by atoms with Crippen molar-refractivity contribution in [2.24, 2.45) is 4.99 Å². The Morgan fingerprint density at radius 1 is 1.75 bits per heavy atom. The molecule has 4 heteroatoms. The quantitative estimate of drug-likeness (QED) is 0.641. The Balaban J connectivity index is 2.61. The van der Waals surface area contributed by atoms with Crippen molar-refractivity contribution in [2.45, 2.75) is 19.8 Å². The third-order valence-corrected chi connectivity index (χ3v) is 1.79. The molecular weight excluding hydrogens is 172 g/mol. The van der Waals surface area contributed by atoms with Crippen LogP contribution in [0.3, 0.4) is 0 Å². The highest BCUT2D eigenvalue weighted by Crippen LogP contribution is 2.07. The van der Waals surface area contributed by atoms with Gasteiger partial charge < -0.3 is 9.46 Å². The summed E-state index contributed by atoms with van der Waals surface area (Å²) in [6.45, 7) is 3.52. The molecule has 0 aromatic carbocycles. The lowest BCUT2D eigenvalue weighted by atomic mass is 10.3. The fraction of sp³-hybridized carbons (Fsp3) is 0.625. The second-order valence-electron chi connectivity index (χ2n) is 2.55. The van der Waals surface area contributed by atoms with Gasteiger partial charge in [0.15, 0.2) is 11.6 Å². The van der Waals surface area contributed by atoms with E-state index in [1.54, 1.807) is 0 Å². The molecule has 1 aliphatic heterocycles. The first-order valence-corrected chi connectivity index (χ1v) is 4.61. The third kappa shape index (κ3) is 2.44. The van der Waals surface area contributed by atoms with E-state index in [-0.39, 0.29) is 0 Å². The summed E-state index contributed by atoms with van der Waals surface area (Å²) in [4.78, 5) is 4.22. The van der Waals surface area contributed by atoms with Crippen molar-refractivity contribution in [3.05, 3.63) is 11.8 Å². The molecule has 0 aromatic rings. The molecule has 0 aromatic heterocycles. The van der Waals surface area contributed by atoms with Crippen molar-refractivity contribution in [3.8, 4) is 0 Å². The molecule has 0 bridgehead atoms. The minimum absolute atomic E-state index is 0.675. The third-order valence-electron chi connectivity index (χ3n) is 1.58. The van der Waals surface area contributed by atoms with Gasteiger partial charge in [-0.25, -0.2) is 0 Å². The molecule has 12 heavy (non-hydrogen) atoms. The number of hydrogen-bond donors (Lipinski definition) is 2. The predicted molar refractivity (Wildman–Crippen MR) is 53.4 cm³/mol. The van der Waals surface area contributed by atoms with Crippen LogP contribution in [0, 0.1) is 0 Å². The number of thiol groups is 1. The Labute approximate surface area is 78.4 Å². The summed E-state index contributed by atoms with van der Waals surface area (Å²) >= 11 is 3.94. The highest BCUT2D eigenvalue weighted by atomic mass is 32.1. The fourth-order valence-electron chi connectivity index (χ4n) is 0.981. The Morgan fingerprint density at radius 2 is 2.58 bits per heavy atom. The maximum atomic E-state index is 5.40. The van der Waals surface area contributed by atoms with E-state index in [4.69, 9.17) is 4.74 Å². The lowest BCUT2D eigenvalue weighted by molar-refractivity contribution is 0.229. The summed E-state index contributed by atoms with van der Waals surface area (Å²) in [6, 6.07) is 0. The zero-order valence-corrected chi connectivity index (χ0v) is 8.10. The van der Waals surface area contributed by atoms with Gasteiger partial charge in [-0.3, -0.25) is 4.99 Å². The van der Waals surface area contributed by atoms with Crippen molar-refractivity contribution in [1.82, 2.24) is 4.72 Å². The molecule has 0 atom stereocenters. The fourth-order valence-corrected chi connectivity index (χ4v) is 1.16. The van der Waals surface area contributed by atoms with Gasteiger partial charge in [-0.15, -0.1) is 0 Å². The second kappa shape index (κ2) is 5.09. The number of ether oxygens (including phenoxy) is 1. The number of allylic oxidation sites excluding steroid dienone is 1. The van der Waals surface area contributed by atoms with Crippen LogP contribution in [-0.2, 0) is 4.74 Å². The van der Waals surface area contributed by atoms with Crippen molar-refractivity contribution in [3.63, 3.8) is 0 Å². The summed E-state index contributed by atoms with van der Waals surface area (Å²) in [7, 11) is 0. The van der Waals surface area contributed by atoms with E-state index in [1.807, 2.05) is 6.08 Å². The highest BCUT2D eigenvalue weighted by molar-refractivity contribution is 7.78. The second-order valence-corrected chi connectivity index (χ2v) is 2.77.